The first-order valence-corrected chi connectivity index (χ1v) is 7.37. The van der Waals surface area contributed by atoms with Crippen LogP contribution < -0.4 is 5.56 Å². The van der Waals surface area contributed by atoms with E-state index in [0.717, 1.165) is 12.1 Å². The zero-order valence-corrected chi connectivity index (χ0v) is 12.5. The summed E-state index contributed by atoms with van der Waals surface area (Å²) in [6.45, 7) is 5.66. The third kappa shape index (κ3) is 3.20. The van der Waals surface area contributed by atoms with Crippen LogP contribution in [0, 0.1) is 0 Å². The number of H-pyrrole nitrogens is 1. The molecule has 0 radical (unpaired) electrons. The Morgan fingerprint density at radius 3 is 3.00 bits per heavy atom. The minimum atomic E-state index is -0.164. The highest BCUT2D eigenvalue weighted by Gasteiger charge is 2.25. The van der Waals surface area contributed by atoms with Crippen LogP contribution in [0.15, 0.2) is 15.3 Å². The Balaban J connectivity index is 2.10. The lowest BCUT2D eigenvalue weighted by molar-refractivity contribution is 0.111. The van der Waals surface area contributed by atoms with E-state index in [-0.39, 0.29) is 5.56 Å². The molecule has 2 rings (SSSR count). The molecule has 0 aromatic carbocycles. The molecule has 2 heterocycles. The molecule has 100 valence electrons. The maximum atomic E-state index is 11.3. The number of rotatable bonds is 3. The van der Waals surface area contributed by atoms with Crippen molar-refractivity contribution in [3.8, 4) is 0 Å². The van der Waals surface area contributed by atoms with Gasteiger partial charge in [0.05, 0.1) is 10.2 Å². The highest BCUT2D eigenvalue weighted by molar-refractivity contribution is 9.10. The molecule has 0 saturated carbocycles. The molecule has 0 aliphatic carbocycles. The minimum absolute atomic E-state index is 0.164. The van der Waals surface area contributed by atoms with Gasteiger partial charge in [0.2, 0.25) is 0 Å². The SMILES string of the molecule is CC(C)N1CCCCC1Cc1cc(Br)c(=O)[nH]n1. The van der Waals surface area contributed by atoms with E-state index in [9.17, 15) is 4.79 Å². The molecule has 0 amide bonds. The summed E-state index contributed by atoms with van der Waals surface area (Å²) >= 11 is 3.26. The number of nitrogens with one attached hydrogen (secondary N) is 1. The number of hydrogen-bond donors (Lipinski definition) is 1. The molecule has 1 aliphatic heterocycles. The molecule has 1 unspecified atom stereocenters. The molecule has 0 bridgehead atoms. The fourth-order valence-corrected chi connectivity index (χ4v) is 3.04. The molecule has 1 aromatic rings. The first-order chi connectivity index (χ1) is 8.58. The van der Waals surface area contributed by atoms with Gasteiger partial charge in [0, 0.05) is 18.5 Å². The van der Waals surface area contributed by atoms with E-state index in [1.807, 2.05) is 6.07 Å². The summed E-state index contributed by atoms with van der Waals surface area (Å²) in [5.74, 6) is 0. The van der Waals surface area contributed by atoms with Gasteiger partial charge in [-0.1, -0.05) is 6.42 Å². The van der Waals surface area contributed by atoms with E-state index in [4.69, 9.17) is 0 Å². The lowest BCUT2D eigenvalue weighted by Gasteiger charge is -2.38. The van der Waals surface area contributed by atoms with Crippen molar-refractivity contribution in [2.45, 2.75) is 51.6 Å². The van der Waals surface area contributed by atoms with Crippen LogP contribution in [0.2, 0.25) is 0 Å². The van der Waals surface area contributed by atoms with Crippen LogP contribution in [0.3, 0.4) is 0 Å². The molecule has 18 heavy (non-hydrogen) atoms. The van der Waals surface area contributed by atoms with Crippen molar-refractivity contribution in [1.29, 1.82) is 0 Å². The first kappa shape index (κ1) is 13.7. The van der Waals surface area contributed by atoms with Gasteiger partial charge in [-0.05, 0) is 55.2 Å². The standard InChI is InChI=1S/C13H20BrN3O/c1-9(2)17-6-4-3-5-11(17)7-10-8-12(14)13(18)16-15-10/h8-9,11H,3-7H2,1-2H3,(H,16,18). The molecule has 1 aromatic heterocycles. The van der Waals surface area contributed by atoms with Gasteiger partial charge >= 0.3 is 0 Å². The van der Waals surface area contributed by atoms with Gasteiger partial charge in [0.15, 0.2) is 0 Å². The Morgan fingerprint density at radius 2 is 2.33 bits per heavy atom. The second-order valence-corrected chi connectivity index (χ2v) is 6.08. The predicted molar refractivity (Wildman–Crippen MR) is 75.7 cm³/mol. The van der Waals surface area contributed by atoms with Gasteiger partial charge in [-0.25, -0.2) is 5.10 Å². The molecule has 1 fully saturated rings. The van der Waals surface area contributed by atoms with Crippen LogP contribution >= 0.6 is 15.9 Å². The van der Waals surface area contributed by atoms with Gasteiger partial charge in [-0.15, -0.1) is 0 Å². The molecule has 1 atom stereocenters. The maximum absolute atomic E-state index is 11.3. The van der Waals surface area contributed by atoms with Crippen LogP contribution in [0.1, 0.15) is 38.8 Å². The molecule has 5 heteroatoms. The molecular formula is C13H20BrN3O. The van der Waals surface area contributed by atoms with E-state index in [0.29, 0.717) is 16.6 Å². The van der Waals surface area contributed by atoms with E-state index in [1.165, 1.54) is 25.8 Å². The average Bonchev–Trinajstić information content (AvgIpc) is 2.34. The maximum Gasteiger partial charge on any atom is 0.278 e. The second kappa shape index (κ2) is 5.97. The van der Waals surface area contributed by atoms with Crippen molar-refractivity contribution in [2.24, 2.45) is 0 Å². The summed E-state index contributed by atoms with van der Waals surface area (Å²) in [6.07, 6.45) is 4.71. The van der Waals surface area contributed by atoms with E-state index in [2.05, 4.69) is 44.9 Å². The minimum Gasteiger partial charge on any atom is -0.298 e. The van der Waals surface area contributed by atoms with Crippen molar-refractivity contribution < 1.29 is 0 Å². The number of likely N-dealkylation sites (tertiary alicyclic amines) is 1. The number of piperidine rings is 1. The lowest BCUT2D eigenvalue weighted by Crippen LogP contribution is -2.45. The molecule has 1 saturated heterocycles. The summed E-state index contributed by atoms with van der Waals surface area (Å²) in [5, 5.41) is 6.66. The van der Waals surface area contributed by atoms with Gasteiger partial charge in [0.25, 0.3) is 5.56 Å². The monoisotopic (exact) mass is 313 g/mol. The highest BCUT2D eigenvalue weighted by Crippen LogP contribution is 2.22. The first-order valence-electron chi connectivity index (χ1n) is 6.58. The van der Waals surface area contributed by atoms with Crippen LogP contribution in [0.4, 0.5) is 0 Å². The third-order valence-electron chi connectivity index (χ3n) is 3.59. The Bertz CT molecular complexity index is 458. The molecule has 1 aliphatic rings. The Labute approximate surface area is 116 Å². The largest absolute Gasteiger partial charge is 0.298 e. The molecule has 0 spiro atoms. The van der Waals surface area contributed by atoms with Crippen molar-refractivity contribution in [1.82, 2.24) is 15.1 Å². The zero-order valence-electron chi connectivity index (χ0n) is 10.9. The van der Waals surface area contributed by atoms with Crippen molar-refractivity contribution in [3.05, 3.63) is 26.6 Å². The van der Waals surface area contributed by atoms with Gasteiger partial charge in [-0.2, -0.15) is 5.10 Å². The Morgan fingerprint density at radius 1 is 1.56 bits per heavy atom. The molecule has 4 nitrogen and oxygen atoms in total. The van der Waals surface area contributed by atoms with Crippen LogP contribution in [-0.4, -0.2) is 33.7 Å². The summed E-state index contributed by atoms with van der Waals surface area (Å²) in [4.78, 5) is 13.8. The van der Waals surface area contributed by atoms with Crippen molar-refractivity contribution in [2.75, 3.05) is 6.54 Å². The number of aromatic nitrogens is 2. The van der Waals surface area contributed by atoms with Crippen LogP contribution in [0.25, 0.3) is 0 Å². The van der Waals surface area contributed by atoms with E-state index < -0.39 is 0 Å². The predicted octanol–water partition coefficient (Wildman–Crippen LogP) is 2.34. The molecule has 1 N–H and O–H groups in total. The van der Waals surface area contributed by atoms with E-state index in [1.54, 1.807) is 0 Å². The molecular weight excluding hydrogens is 294 g/mol. The van der Waals surface area contributed by atoms with Crippen LogP contribution in [-0.2, 0) is 6.42 Å². The number of nitrogens with zero attached hydrogens (tertiary/aromatic N) is 2. The fourth-order valence-electron chi connectivity index (χ4n) is 2.69. The number of aromatic amines is 1. The third-order valence-corrected chi connectivity index (χ3v) is 4.18. The summed E-state index contributed by atoms with van der Waals surface area (Å²) < 4.78 is 0.569. The lowest BCUT2D eigenvalue weighted by atomic mass is 9.96. The smallest absolute Gasteiger partial charge is 0.278 e. The normalized spacial score (nSPS) is 21.4. The quantitative estimate of drug-likeness (QED) is 0.931. The topological polar surface area (TPSA) is 49.0 Å². The Kier molecular flexibility index (Phi) is 4.56. The van der Waals surface area contributed by atoms with Crippen LogP contribution in [0.5, 0.6) is 0 Å². The second-order valence-electron chi connectivity index (χ2n) is 5.22. The fraction of sp³-hybridized carbons (Fsp3) is 0.692. The average molecular weight is 314 g/mol. The summed E-state index contributed by atoms with van der Waals surface area (Å²) in [7, 11) is 0. The zero-order chi connectivity index (χ0) is 13.1. The Hall–Kier alpha value is -0.680. The van der Waals surface area contributed by atoms with Gasteiger partial charge in [-0.3, -0.25) is 9.69 Å². The van der Waals surface area contributed by atoms with Gasteiger partial charge in [0.1, 0.15) is 0 Å². The highest BCUT2D eigenvalue weighted by atomic mass is 79.9. The number of hydrogen-bond acceptors (Lipinski definition) is 3. The van der Waals surface area contributed by atoms with Gasteiger partial charge < -0.3 is 0 Å². The van der Waals surface area contributed by atoms with Crippen molar-refractivity contribution in [3.63, 3.8) is 0 Å². The number of halogens is 1. The summed E-state index contributed by atoms with van der Waals surface area (Å²) in [5.41, 5.74) is 0.794. The summed E-state index contributed by atoms with van der Waals surface area (Å²) in [6, 6.07) is 2.96. The van der Waals surface area contributed by atoms with Crippen molar-refractivity contribution >= 4 is 15.9 Å². The van der Waals surface area contributed by atoms with E-state index >= 15 is 0 Å².